The molecule has 4 fully saturated rings. The molecule has 4 aliphatic carbocycles. The van der Waals surface area contributed by atoms with Crippen LogP contribution in [0.15, 0.2) is 12.2 Å². The Bertz CT molecular complexity index is 629. The second kappa shape index (κ2) is 4.52. The molecule has 4 heteroatoms. The van der Waals surface area contributed by atoms with Crippen LogP contribution >= 0.6 is 0 Å². The van der Waals surface area contributed by atoms with Gasteiger partial charge >= 0.3 is 0 Å². The van der Waals surface area contributed by atoms with Gasteiger partial charge in [-0.3, -0.25) is 4.79 Å². The molecule has 9 atom stereocenters. The van der Waals surface area contributed by atoms with Crippen LogP contribution in [0.1, 0.15) is 52.4 Å². The van der Waals surface area contributed by atoms with Crippen molar-refractivity contribution in [2.24, 2.45) is 29.1 Å². The third-order valence-corrected chi connectivity index (χ3v) is 8.75. The average Bonchev–Trinajstić information content (AvgIpc) is 3.19. The highest BCUT2D eigenvalue weighted by molar-refractivity contribution is 6.00. The van der Waals surface area contributed by atoms with Crippen LogP contribution in [0.2, 0.25) is 0 Å². The van der Waals surface area contributed by atoms with E-state index in [1.165, 1.54) is 31.4 Å². The summed E-state index contributed by atoms with van der Waals surface area (Å²) in [5.41, 5.74) is -2.25. The number of ketones is 1. The molecule has 1 heterocycles. The Balaban J connectivity index is 1.57. The number of carbonyl (C=O) groups is 1. The SMILES string of the molecule is CCC1CCC2C3CC4OC45C(O)C=CC(=O)C5(O)C3CCC12C. The van der Waals surface area contributed by atoms with Crippen LogP contribution in [-0.2, 0) is 9.53 Å². The lowest BCUT2D eigenvalue weighted by Gasteiger charge is -2.56. The molecular weight excluding hydrogens is 304 g/mol. The molecule has 0 radical (unpaired) electrons. The van der Waals surface area contributed by atoms with Crippen LogP contribution in [-0.4, -0.2) is 39.4 Å². The Kier molecular flexibility index (Phi) is 2.92. The normalized spacial score (nSPS) is 60.9. The number of carbonyl (C=O) groups excluding carboxylic acids is 1. The lowest BCUT2D eigenvalue weighted by molar-refractivity contribution is -0.181. The number of rotatable bonds is 1. The molecule has 4 nitrogen and oxygen atoms in total. The molecule has 0 bridgehead atoms. The highest BCUT2D eigenvalue weighted by Crippen LogP contribution is 2.69. The van der Waals surface area contributed by atoms with Gasteiger partial charge in [0.2, 0.25) is 0 Å². The number of aliphatic hydroxyl groups is 2. The van der Waals surface area contributed by atoms with Gasteiger partial charge in [-0.2, -0.15) is 0 Å². The molecule has 5 aliphatic rings. The minimum atomic E-state index is -1.53. The molecule has 0 amide bonds. The molecule has 1 saturated heterocycles. The average molecular weight is 332 g/mol. The largest absolute Gasteiger partial charge is 0.386 e. The number of fused-ring (bicyclic) bond motifs is 4. The van der Waals surface area contributed by atoms with Gasteiger partial charge in [-0.25, -0.2) is 0 Å². The first-order valence-electron chi connectivity index (χ1n) is 9.70. The second-order valence-corrected chi connectivity index (χ2v) is 9.17. The molecular formula is C20H28O4. The third kappa shape index (κ3) is 1.47. The van der Waals surface area contributed by atoms with Gasteiger partial charge in [-0.15, -0.1) is 0 Å². The van der Waals surface area contributed by atoms with Crippen LogP contribution in [0.4, 0.5) is 0 Å². The Morgan fingerprint density at radius 3 is 2.83 bits per heavy atom. The number of hydrogen-bond acceptors (Lipinski definition) is 4. The predicted molar refractivity (Wildman–Crippen MR) is 88.2 cm³/mol. The molecule has 9 unspecified atom stereocenters. The summed E-state index contributed by atoms with van der Waals surface area (Å²) >= 11 is 0. The van der Waals surface area contributed by atoms with E-state index < -0.39 is 17.3 Å². The summed E-state index contributed by atoms with van der Waals surface area (Å²) in [6.07, 6.45) is 8.39. The summed E-state index contributed by atoms with van der Waals surface area (Å²) in [6.45, 7) is 4.73. The second-order valence-electron chi connectivity index (χ2n) is 9.17. The summed E-state index contributed by atoms with van der Waals surface area (Å²) in [4.78, 5) is 12.7. The first-order valence-corrected chi connectivity index (χ1v) is 9.70. The molecule has 24 heavy (non-hydrogen) atoms. The standard InChI is InChI=1S/C20H28O4/c1-3-11-4-5-13-12-10-17-20(24-17)16(22)7-6-15(21)19(20,23)14(12)8-9-18(11,13)2/h6-7,11-14,16-17,22-23H,3-5,8-10H2,1-2H3. The van der Waals surface area contributed by atoms with Gasteiger partial charge in [0.25, 0.3) is 0 Å². The molecule has 2 N–H and O–H groups in total. The van der Waals surface area contributed by atoms with Crippen molar-refractivity contribution in [3.8, 4) is 0 Å². The van der Waals surface area contributed by atoms with Crippen LogP contribution in [0.25, 0.3) is 0 Å². The lowest BCUT2D eigenvalue weighted by atomic mass is 9.48. The first-order chi connectivity index (χ1) is 11.4. The van der Waals surface area contributed by atoms with Crippen molar-refractivity contribution in [3.63, 3.8) is 0 Å². The minimum absolute atomic E-state index is 0.0722. The van der Waals surface area contributed by atoms with Gasteiger partial charge in [0.1, 0.15) is 6.10 Å². The minimum Gasteiger partial charge on any atom is -0.386 e. The van der Waals surface area contributed by atoms with Crippen LogP contribution < -0.4 is 0 Å². The first kappa shape index (κ1) is 15.5. The molecule has 0 aromatic heterocycles. The van der Waals surface area contributed by atoms with E-state index in [4.69, 9.17) is 4.74 Å². The van der Waals surface area contributed by atoms with Crippen molar-refractivity contribution in [2.75, 3.05) is 0 Å². The summed E-state index contributed by atoms with van der Waals surface area (Å²) < 4.78 is 5.91. The van der Waals surface area contributed by atoms with Gasteiger partial charge in [0.15, 0.2) is 17.0 Å². The molecule has 1 spiro atoms. The molecule has 132 valence electrons. The zero-order chi connectivity index (χ0) is 16.9. The lowest BCUT2D eigenvalue weighted by Crippen LogP contribution is -2.69. The topological polar surface area (TPSA) is 70.1 Å². The van der Waals surface area contributed by atoms with Crippen molar-refractivity contribution in [2.45, 2.75) is 75.8 Å². The Labute approximate surface area is 143 Å². The molecule has 5 rings (SSSR count). The van der Waals surface area contributed by atoms with Crippen molar-refractivity contribution in [3.05, 3.63) is 12.2 Å². The van der Waals surface area contributed by atoms with E-state index in [0.717, 1.165) is 25.2 Å². The van der Waals surface area contributed by atoms with Gasteiger partial charge in [-0.05, 0) is 67.4 Å². The Morgan fingerprint density at radius 1 is 1.29 bits per heavy atom. The Morgan fingerprint density at radius 2 is 2.08 bits per heavy atom. The van der Waals surface area contributed by atoms with E-state index >= 15 is 0 Å². The van der Waals surface area contributed by atoms with Crippen molar-refractivity contribution >= 4 is 5.78 Å². The van der Waals surface area contributed by atoms with Gasteiger partial charge < -0.3 is 14.9 Å². The van der Waals surface area contributed by atoms with E-state index in [0.29, 0.717) is 17.3 Å². The van der Waals surface area contributed by atoms with Crippen molar-refractivity contribution in [1.82, 2.24) is 0 Å². The summed E-state index contributed by atoms with van der Waals surface area (Å²) in [6, 6.07) is 0. The van der Waals surface area contributed by atoms with Crippen molar-refractivity contribution < 1.29 is 19.7 Å². The fourth-order valence-electron chi connectivity index (χ4n) is 7.52. The maximum Gasteiger partial charge on any atom is 0.190 e. The molecule has 0 aromatic rings. The zero-order valence-corrected chi connectivity index (χ0v) is 14.6. The quantitative estimate of drug-likeness (QED) is 0.723. The van der Waals surface area contributed by atoms with E-state index in [-0.39, 0.29) is 17.8 Å². The maximum atomic E-state index is 12.7. The molecule has 3 saturated carbocycles. The molecule has 1 aliphatic heterocycles. The maximum absolute atomic E-state index is 12.7. The van der Waals surface area contributed by atoms with E-state index in [1.54, 1.807) is 0 Å². The van der Waals surface area contributed by atoms with E-state index in [1.807, 2.05) is 0 Å². The van der Waals surface area contributed by atoms with E-state index in [2.05, 4.69) is 13.8 Å². The number of hydrogen-bond donors (Lipinski definition) is 2. The van der Waals surface area contributed by atoms with Gasteiger partial charge in [0.05, 0.1) is 6.10 Å². The smallest absolute Gasteiger partial charge is 0.190 e. The van der Waals surface area contributed by atoms with Gasteiger partial charge in [-0.1, -0.05) is 20.3 Å². The highest BCUT2D eigenvalue weighted by Gasteiger charge is 2.82. The fourth-order valence-corrected chi connectivity index (χ4v) is 7.52. The third-order valence-electron chi connectivity index (χ3n) is 8.75. The highest BCUT2D eigenvalue weighted by atomic mass is 16.6. The fraction of sp³-hybridized carbons (Fsp3) is 0.850. The molecule has 0 aromatic carbocycles. The van der Waals surface area contributed by atoms with Crippen LogP contribution in [0.5, 0.6) is 0 Å². The summed E-state index contributed by atoms with van der Waals surface area (Å²) in [7, 11) is 0. The summed E-state index contributed by atoms with van der Waals surface area (Å²) in [5, 5.41) is 22.0. The number of ether oxygens (including phenoxy) is 1. The van der Waals surface area contributed by atoms with Crippen LogP contribution in [0, 0.1) is 29.1 Å². The summed E-state index contributed by atoms with van der Waals surface area (Å²) in [5.74, 6) is 1.35. The van der Waals surface area contributed by atoms with E-state index in [9.17, 15) is 15.0 Å². The number of aliphatic hydroxyl groups excluding tert-OH is 1. The van der Waals surface area contributed by atoms with Crippen molar-refractivity contribution in [1.29, 1.82) is 0 Å². The number of epoxide rings is 1. The zero-order valence-electron chi connectivity index (χ0n) is 14.6. The predicted octanol–water partition coefficient (Wildman–Crippen LogP) is 2.23. The monoisotopic (exact) mass is 332 g/mol. The Hall–Kier alpha value is -0.710. The van der Waals surface area contributed by atoms with Crippen LogP contribution in [0.3, 0.4) is 0 Å². The van der Waals surface area contributed by atoms with Gasteiger partial charge in [0, 0.05) is 5.92 Å².